The van der Waals surface area contributed by atoms with Gasteiger partial charge in [0.2, 0.25) is 5.91 Å². The van der Waals surface area contributed by atoms with Gasteiger partial charge in [-0.3, -0.25) is 4.79 Å². The van der Waals surface area contributed by atoms with E-state index in [1.54, 1.807) is 6.20 Å². The third-order valence-corrected chi connectivity index (χ3v) is 4.02. The van der Waals surface area contributed by atoms with Crippen LogP contribution in [0, 0.1) is 0 Å². The Morgan fingerprint density at radius 1 is 1.20 bits per heavy atom. The molecule has 1 aliphatic carbocycles. The summed E-state index contributed by atoms with van der Waals surface area (Å²) in [5, 5.41) is 17.0. The van der Waals surface area contributed by atoms with Gasteiger partial charge < -0.3 is 21.1 Å². The van der Waals surface area contributed by atoms with Gasteiger partial charge in [-0.05, 0) is 49.4 Å². The molecule has 7 heteroatoms. The summed E-state index contributed by atoms with van der Waals surface area (Å²) in [7, 11) is 0. The summed E-state index contributed by atoms with van der Waals surface area (Å²) in [6.07, 6.45) is 2.62. The maximum atomic E-state index is 12.4. The largest absolute Gasteiger partial charge is 0.465 e. The zero-order valence-corrected chi connectivity index (χ0v) is 13.8. The van der Waals surface area contributed by atoms with Gasteiger partial charge in [0.1, 0.15) is 6.04 Å². The van der Waals surface area contributed by atoms with E-state index in [0.717, 1.165) is 24.1 Å². The molecule has 0 saturated heterocycles. The number of hydrogen-bond acceptors (Lipinski definition) is 4. The first-order valence-electron chi connectivity index (χ1n) is 8.16. The molecule has 1 aromatic carbocycles. The Hall–Kier alpha value is -3.09. The van der Waals surface area contributed by atoms with Crippen molar-refractivity contribution in [2.75, 3.05) is 10.6 Å². The SMILES string of the molecule is CC(NC(=O)O)C(=O)Nc1c(C2CC2)ccnc1Nc1ccccc1. The summed E-state index contributed by atoms with van der Waals surface area (Å²) in [5.41, 5.74) is 2.48. The first kappa shape index (κ1) is 16.8. The number of carbonyl (C=O) groups is 2. The Bertz CT molecular complexity index is 775. The average molecular weight is 340 g/mol. The summed E-state index contributed by atoms with van der Waals surface area (Å²) in [5.74, 6) is 0.525. The van der Waals surface area contributed by atoms with Gasteiger partial charge >= 0.3 is 6.09 Å². The highest BCUT2D eigenvalue weighted by molar-refractivity contribution is 5.99. The average Bonchev–Trinajstić information content (AvgIpc) is 3.41. The third-order valence-electron chi connectivity index (χ3n) is 4.02. The van der Waals surface area contributed by atoms with E-state index >= 15 is 0 Å². The minimum absolute atomic E-state index is 0.400. The number of nitrogens with zero attached hydrogens (tertiary/aromatic N) is 1. The summed E-state index contributed by atoms with van der Waals surface area (Å²) < 4.78 is 0. The van der Waals surface area contributed by atoms with E-state index in [1.165, 1.54) is 6.92 Å². The highest BCUT2D eigenvalue weighted by Crippen LogP contribution is 2.45. The van der Waals surface area contributed by atoms with E-state index in [0.29, 0.717) is 17.4 Å². The van der Waals surface area contributed by atoms with Gasteiger partial charge in [0, 0.05) is 11.9 Å². The van der Waals surface area contributed by atoms with Gasteiger partial charge in [0.05, 0.1) is 5.69 Å². The number of carboxylic acid groups (broad SMARTS) is 1. The smallest absolute Gasteiger partial charge is 0.405 e. The molecule has 1 atom stereocenters. The third kappa shape index (κ3) is 4.26. The number of anilines is 3. The van der Waals surface area contributed by atoms with Crippen molar-refractivity contribution in [3.8, 4) is 0 Å². The van der Waals surface area contributed by atoms with E-state index < -0.39 is 18.0 Å². The van der Waals surface area contributed by atoms with Crippen LogP contribution in [0.3, 0.4) is 0 Å². The van der Waals surface area contributed by atoms with Crippen LogP contribution in [0.25, 0.3) is 0 Å². The Morgan fingerprint density at radius 2 is 1.92 bits per heavy atom. The molecule has 4 N–H and O–H groups in total. The van der Waals surface area contributed by atoms with Crippen LogP contribution >= 0.6 is 0 Å². The lowest BCUT2D eigenvalue weighted by atomic mass is 10.1. The molecule has 3 rings (SSSR count). The lowest BCUT2D eigenvalue weighted by Gasteiger charge is -2.18. The van der Waals surface area contributed by atoms with Crippen molar-refractivity contribution < 1.29 is 14.7 Å². The number of para-hydroxylation sites is 1. The minimum Gasteiger partial charge on any atom is -0.465 e. The van der Waals surface area contributed by atoms with Crippen LogP contribution in [-0.4, -0.2) is 28.1 Å². The standard InChI is InChI=1S/C18H20N4O3/c1-11(20-18(24)25)17(23)22-15-14(12-7-8-12)9-10-19-16(15)21-13-5-3-2-4-6-13/h2-6,9-12,20H,7-8H2,1H3,(H,19,21)(H,22,23)(H,24,25). The predicted molar refractivity (Wildman–Crippen MR) is 95.2 cm³/mol. The first-order chi connectivity index (χ1) is 12.0. The fourth-order valence-corrected chi connectivity index (χ4v) is 2.58. The summed E-state index contributed by atoms with van der Waals surface area (Å²) in [6, 6.07) is 10.6. The summed E-state index contributed by atoms with van der Waals surface area (Å²) >= 11 is 0. The van der Waals surface area contributed by atoms with Crippen LogP contribution in [0.5, 0.6) is 0 Å². The predicted octanol–water partition coefficient (Wildman–Crippen LogP) is 3.30. The Kier molecular flexibility index (Phi) is 4.83. The van der Waals surface area contributed by atoms with E-state index in [4.69, 9.17) is 5.11 Å². The number of pyridine rings is 1. The number of nitrogens with one attached hydrogen (secondary N) is 3. The fraction of sp³-hybridized carbons (Fsp3) is 0.278. The fourth-order valence-electron chi connectivity index (χ4n) is 2.58. The molecule has 1 aromatic heterocycles. The Balaban J connectivity index is 1.87. The Morgan fingerprint density at radius 3 is 2.56 bits per heavy atom. The highest BCUT2D eigenvalue weighted by atomic mass is 16.4. The van der Waals surface area contributed by atoms with Crippen LogP contribution in [0.4, 0.5) is 22.0 Å². The zero-order chi connectivity index (χ0) is 17.8. The molecule has 1 heterocycles. The van der Waals surface area contributed by atoms with E-state index in [-0.39, 0.29) is 0 Å². The number of carbonyl (C=O) groups excluding carboxylic acids is 1. The summed E-state index contributed by atoms with van der Waals surface area (Å²) in [4.78, 5) is 27.5. The van der Waals surface area contributed by atoms with Crippen LogP contribution in [-0.2, 0) is 4.79 Å². The number of benzene rings is 1. The van der Waals surface area contributed by atoms with Crippen molar-refractivity contribution >= 4 is 29.2 Å². The molecule has 1 saturated carbocycles. The number of hydrogen-bond donors (Lipinski definition) is 4. The van der Waals surface area contributed by atoms with E-state index in [9.17, 15) is 9.59 Å². The minimum atomic E-state index is -1.24. The second kappa shape index (κ2) is 7.21. The van der Waals surface area contributed by atoms with E-state index in [2.05, 4.69) is 20.9 Å². The normalized spacial score (nSPS) is 14.4. The first-order valence-corrected chi connectivity index (χ1v) is 8.16. The van der Waals surface area contributed by atoms with Gasteiger partial charge in [0.25, 0.3) is 0 Å². The second-order valence-corrected chi connectivity index (χ2v) is 6.05. The molecule has 1 fully saturated rings. The molecule has 0 bridgehead atoms. The van der Waals surface area contributed by atoms with Crippen LogP contribution in [0.1, 0.15) is 31.2 Å². The van der Waals surface area contributed by atoms with Crippen molar-refractivity contribution in [2.24, 2.45) is 0 Å². The van der Waals surface area contributed by atoms with Crippen LogP contribution in [0.2, 0.25) is 0 Å². The van der Waals surface area contributed by atoms with Crippen molar-refractivity contribution in [1.82, 2.24) is 10.3 Å². The maximum Gasteiger partial charge on any atom is 0.405 e. The van der Waals surface area contributed by atoms with Crippen LogP contribution < -0.4 is 16.0 Å². The van der Waals surface area contributed by atoms with Gasteiger partial charge in [-0.2, -0.15) is 0 Å². The topological polar surface area (TPSA) is 103 Å². The zero-order valence-electron chi connectivity index (χ0n) is 13.8. The van der Waals surface area contributed by atoms with Crippen molar-refractivity contribution in [3.05, 3.63) is 48.2 Å². The quantitative estimate of drug-likeness (QED) is 0.646. The van der Waals surface area contributed by atoms with Crippen molar-refractivity contribution in [2.45, 2.75) is 31.7 Å². The maximum absolute atomic E-state index is 12.4. The number of aromatic nitrogens is 1. The number of amides is 2. The molecule has 1 unspecified atom stereocenters. The molecular formula is C18H20N4O3. The molecule has 25 heavy (non-hydrogen) atoms. The molecule has 2 amide bonds. The molecular weight excluding hydrogens is 320 g/mol. The molecule has 2 aromatic rings. The highest BCUT2D eigenvalue weighted by Gasteiger charge is 2.29. The Labute approximate surface area is 145 Å². The molecule has 7 nitrogen and oxygen atoms in total. The lowest BCUT2D eigenvalue weighted by molar-refractivity contribution is -0.117. The monoisotopic (exact) mass is 340 g/mol. The van der Waals surface area contributed by atoms with Crippen LogP contribution in [0.15, 0.2) is 42.6 Å². The lowest BCUT2D eigenvalue weighted by Crippen LogP contribution is -2.41. The molecule has 1 aliphatic rings. The number of rotatable bonds is 6. The van der Waals surface area contributed by atoms with Gasteiger partial charge in [0.15, 0.2) is 5.82 Å². The molecule has 130 valence electrons. The van der Waals surface area contributed by atoms with Crippen molar-refractivity contribution in [1.29, 1.82) is 0 Å². The summed E-state index contributed by atoms with van der Waals surface area (Å²) in [6.45, 7) is 1.50. The van der Waals surface area contributed by atoms with Gasteiger partial charge in [-0.15, -0.1) is 0 Å². The molecule has 0 aliphatic heterocycles. The van der Waals surface area contributed by atoms with Gasteiger partial charge in [-0.1, -0.05) is 18.2 Å². The molecule has 0 radical (unpaired) electrons. The van der Waals surface area contributed by atoms with Gasteiger partial charge in [-0.25, -0.2) is 9.78 Å². The van der Waals surface area contributed by atoms with E-state index in [1.807, 2.05) is 36.4 Å². The van der Waals surface area contributed by atoms with Crippen molar-refractivity contribution in [3.63, 3.8) is 0 Å². The second-order valence-electron chi connectivity index (χ2n) is 6.05. The molecule has 0 spiro atoms.